The fourth-order valence-electron chi connectivity index (χ4n) is 5.69. The molecule has 4 fully saturated rings. The van der Waals surface area contributed by atoms with Crippen LogP contribution in [-0.2, 0) is 21.1 Å². The first-order valence-corrected chi connectivity index (χ1v) is 13.0. The van der Waals surface area contributed by atoms with Crippen LogP contribution in [0.5, 0.6) is 5.75 Å². The van der Waals surface area contributed by atoms with Gasteiger partial charge >= 0.3 is 0 Å². The lowest BCUT2D eigenvalue weighted by molar-refractivity contribution is -0.117. The number of para-hydroxylation sites is 1. The van der Waals surface area contributed by atoms with Crippen LogP contribution >= 0.6 is 11.8 Å². The lowest BCUT2D eigenvalue weighted by atomic mass is 9.93. The first-order valence-electron chi connectivity index (χ1n) is 10.3. The zero-order valence-electron chi connectivity index (χ0n) is 16.5. The van der Waals surface area contributed by atoms with E-state index in [9.17, 15) is 13.2 Å². The molecule has 0 spiro atoms. The number of hydrogen-bond donors (Lipinski definition) is 0. The molecule has 5 atom stereocenters. The summed E-state index contributed by atoms with van der Waals surface area (Å²) in [5, 5.41) is 0.740. The quantitative estimate of drug-likeness (QED) is 0.725. The van der Waals surface area contributed by atoms with E-state index in [2.05, 4.69) is 9.89 Å². The minimum Gasteiger partial charge on any atom is -0.496 e. The van der Waals surface area contributed by atoms with Crippen LogP contribution in [0.2, 0.25) is 0 Å². The third kappa shape index (κ3) is 3.58. The number of amides is 1. The number of nitrogens with zero attached hydrogens (tertiary/aromatic N) is 2. The number of thioether (sulfide) groups is 1. The fraction of sp³-hybridized carbons (Fsp3) is 0.619. The van der Waals surface area contributed by atoms with Crippen molar-refractivity contribution in [3.8, 4) is 5.75 Å². The van der Waals surface area contributed by atoms with Crippen molar-refractivity contribution in [1.29, 1.82) is 0 Å². The number of methoxy groups -OCH3 is 1. The van der Waals surface area contributed by atoms with Gasteiger partial charge in [0.2, 0.25) is 0 Å². The molecule has 2 saturated heterocycles. The molecule has 29 heavy (non-hydrogen) atoms. The maximum absolute atomic E-state index is 12.8. The van der Waals surface area contributed by atoms with E-state index in [0.29, 0.717) is 17.7 Å². The predicted molar refractivity (Wildman–Crippen MR) is 114 cm³/mol. The highest BCUT2D eigenvalue weighted by Gasteiger charge is 2.54. The Bertz CT molecular complexity index is 961. The number of rotatable bonds is 4. The van der Waals surface area contributed by atoms with Gasteiger partial charge in [-0.1, -0.05) is 36.4 Å². The van der Waals surface area contributed by atoms with Crippen LogP contribution in [0.1, 0.15) is 31.2 Å². The van der Waals surface area contributed by atoms with Gasteiger partial charge < -0.3 is 9.64 Å². The maximum Gasteiger partial charge on any atom is 0.252 e. The molecular weight excluding hydrogens is 408 g/mol. The third-order valence-corrected chi connectivity index (χ3v) is 10.1. The Morgan fingerprint density at radius 3 is 2.76 bits per heavy atom. The Kier molecular flexibility index (Phi) is 4.89. The minimum atomic E-state index is -3.01. The summed E-state index contributed by atoms with van der Waals surface area (Å²) in [6.07, 6.45) is 5.02. The van der Waals surface area contributed by atoms with Crippen molar-refractivity contribution in [2.45, 2.75) is 49.4 Å². The van der Waals surface area contributed by atoms with Gasteiger partial charge in [0.05, 0.1) is 31.1 Å². The van der Waals surface area contributed by atoms with Crippen LogP contribution in [-0.4, -0.2) is 60.3 Å². The van der Waals surface area contributed by atoms with Gasteiger partial charge in [0.1, 0.15) is 5.75 Å². The van der Waals surface area contributed by atoms with Crippen molar-refractivity contribution in [3.63, 3.8) is 0 Å². The molecule has 8 heteroatoms. The lowest BCUT2D eigenvalue weighted by Crippen LogP contribution is -2.47. The van der Waals surface area contributed by atoms with Gasteiger partial charge in [0.25, 0.3) is 5.91 Å². The number of carbonyl (C=O) groups is 1. The maximum atomic E-state index is 12.8. The summed E-state index contributed by atoms with van der Waals surface area (Å²) in [5.41, 5.74) is 0.821. The highest BCUT2D eigenvalue weighted by atomic mass is 32.2. The van der Waals surface area contributed by atoms with Gasteiger partial charge in [0.15, 0.2) is 15.0 Å². The molecule has 5 rings (SSSR count). The summed E-state index contributed by atoms with van der Waals surface area (Å²) in [5.74, 6) is 2.23. The average molecular weight is 435 g/mol. The van der Waals surface area contributed by atoms with E-state index in [0.717, 1.165) is 23.1 Å². The zero-order chi connectivity index (χ0) is 20.2. The second-order valence-corrected chi connectivity index (χ2v) is 12.1. The normalized spacial score (nSPS) is 36.0. The molecule has 1 aromatic rings. The van der Waals surface area contributed by atoms with Gasteiger partial charge in [-0.2, -0.15) is 4.99 Å². The fourth-order valence-corrected chi connectivity index (χ4v) is 9.68. The number of carbonyl (C=O) groups excluding carboxylic acids is 1. The standard InChI is InChI=1S/C21H26N2O4S2/c1-27-18-5-3-2-4-15(18)10-20(24)22-21-23(16-9-13-6-7-14(16)8-13)17-11-29(25,26)12-19(17)28-21/h2-5,13-14,16-17,19H,6-12H2,1H3/t13-,14-,16-,17-,19+/m1/s1. The van der Waals surface area contributed by atoms with Crippen LogP contribution in [0.25, 0.3) is 0 Å². The highest BCUT2D eigenvalue weighted by Crippen LogP contribution is 2.51. The van der Waals surface area contributed by atoms with Crippen molar-refractivity contribution in [2.75, 3.05) is 18.6 Å². The zero-order valence-corrected chi connectivity index (χ0v) is 18.1. The van der Waals surface area contributed by atoms with Crippen molar-refractivity contribution < 1.29 is 17.9 Å². The Hall–Kier alpha value is -1.54. The van der Waals surface area contributed by atoms with Crippen molar-refractivity contribution >= 4 is 32.7 Å². The molecule has 0 N–H and O–H groups in total. The predicted octanol–water partition coefficient (Wildman–Crippen LogP) is 2.52. The van der Waals surface area contributed by atoms with Gasteiger partial charge in [-0.05, 0) is 37.2 Å². The Morgan fingerprint density at radius 1 is 1.21 bits per heavy atom. The second-order valence-electron chi connectivity index (χ2n) is 8.73. The van der Waals surface area contributed by atoms with E-state index in [1.54, 1.807) is 7.11 Å². The topological polar surface area (TPSA) is 76.0 Å². The summed E-state index contributed by atoms with van der Waals surface area (Å²) < 4.78 is 29.8. The molecule has 1 aromatic carbocycles. The van der Waals surface area contributed by atoms with Crippen LogP contribution in [0.3, 0.4) is 0 Å². The molecule has 156 valence electrons. The first kappa shape index (κ1) is 19.4. The molecule has 0 radical (unpaired) electrons. The molecule has 6 nitrogen and oxygen atoms in total. The van der Waals surface area contributed by atoms with Crippen LogP contribution in [0.4, 0.5) is 0 Å². The first-order chi connectivity index (χ1) is 13.9. The Morgan fingerprint density at radius 2 is 2.03 bits per heavy atom. The summed E-state index contributed by atoms with van der Waals surface area (Å²) in [4.78, 5) is 19.5. The highest BCUT2D eigenvalue weighted by molar-refractivity contribution is 8.15. The van der Waals surface area contributed by atoms with Gasteiger partial charge in [-0.3, -0.25) is 4.79 Å². The average Bonchev–Trinajstić information content (AvgIpc) is 3.41. The number of benzene rings is 1. The number of amidine groups is 1. The van der Waals surface area contributed by atoms with E-state index in [1.807, 2.05) is 24.3 Å². The number of fused-ring (bicyclic) bond motifs is 3. The van der Waals surface area contributed by atoms with E-state index < -0.39 is 9.84 Å². The number of sulfone groups is 1. The Labute approximate surface area is 176 Å². The second kappa shape index (κ2) is 7.30. The monoisotopic (exact) mass is 434 g/mol. The van der Waals surface area contributed by atoms with Crippen molar-refractivity contribution in [3.05, 3.63) is 29.8 Å². The summed E-state index contributed by atoms with van der Waals surface area (Å²) >= 11 is 1.50. The van der Waals surface area contributed by atoms with Gasteiger partial charge in [-0.15, -0.1) is 0 Å². The molecule has 1 amide bonds. The van der Waals surface area contributed by atoms with E-state index in [-0.39, 0.29) is 35.1 Å². The van der Waals surface area contributed by atoms with E-state index in [1.165, 1.54) is 31.0 Å². The summed E-state index contributed by atoms with van der Waals surface area (Å²) in [6.45, 7) is 0. The summed E-state index contributed by atoms with van der Waals surface area (Å²) in [7, 11) is -1.41. The molecule has 2 saturated carbocycles. The molecule has 2 aliphatic heterocycles. The number of ether oxygens (including phenoxy) is 1. The largest absolute Gasteiger partial charge is 0.496 e. The van der Waals surface area contributed by atoms with E-state index in [4.69, 9.17) is 4.74 Å². The van der Waals surface area contributed by atoms with Gasteiger partial charge in [0, 0.05) is 16.9 Å². The smallest absolute Gasteiger partial charge is 0.252 e. The molecule has 0 unspecified atom stereocenters. The molecule has 2 bridgehead atoms. The van der Waals surface area contributed by atoms with Crippen LogP contribution in [0, 0.1) is 11.8 Å². The van der Waals surface area contributed by atoms with Crippen LogP contribution < -0.4 is 4.74 Å². The summed E-state index contributed by atoms with van der Waals surface area (Å²) in [6, 6.07) is 7.79. The Balaban J connectivity index is 1.41. The molecule has 2 heterocycles. The van der Waals surface area contributed by atoms with Crippen molar-refractivity contribution in [2.24, 2.45) is 16.8 Å². The molecular formula is C21H26N2O4S2. The van der Waals surface area contributed by atoms with E-state index >= 15 is 0 Å². The lowest BCUT2D eigenvalue weighted by Gasteiger charge is -2.36. The number of aliphatic imine (C=N–C) groups is 1. The van der Waals surface area contributed by atoms with Crippen molar-refractivity contribution in [1.82, 2.24) is 4.90 Å². The van der Waals surface area contributed by atoms with Crippen LogP contribution in [0.15, 0.2) is 29.3 Å². The molecule has 4 aliphatic rings. The SMILES string of the molecule is COc1ccccc1CC(=O)N=C1S[C@H]2CS(=O)(=O)C[C@H]2N1[C@@H]1C[C@@H]2CC[C@@H]1C2. The number of hydrogen-bond acceptors (Lipinski definition) is 5. The molecule has 0 aromatic heterocycles. The third-order valence-electron chi connectivity index (χ3n) is 6.92. The van der Waals surface area contributed by atoms with Gasteiger partial charge in [-0.25, -0.2) is 8.42 Å². The minimum absolute atomic E-state index is 0.00284. The molecule has 2 aliphatic carbocycles.